The molecule has 2 aromatic carbocycles. The van der Waals surface area contributed by atoms with Gasteiger partial charge in [-0.25, -0.2) is 0 Å². The van der Waals surface area contributed by atoms with Crippen LogP contribution in [0.25, 0.3) is 0 Å². The summed E-state index contributed by atoms with van der Waals surface area (Å²) in [5, 5.41) is 10.7. The molecular formula is C21H22ClNO2. The van der Waals surface area contributed by atoms with Gasteiger partial charge in [-0.05, 0) is 42.5 Å². The van der Waals surface area contributed by atoms with Gasteiger partial charge in [0.25, 0.3) is 0 Å². The van der Waals surface area contributed by atoms with Crippen molar-refractivity contribution in [3.63, 3.8) is 0 Å². The Kier molecular flexibility index (Phi) is 4.30. The lowest BCUT2D eigenvalue weighted by atomic mass is 9.91. The number of carbonyl (C=O) groups is 1. The number of aliphatic hydroxyl groups excluding tert-OH is 1. The second-order valence-corrected chi connectivity index (χ2v) is 7.58. The summed E-state index contributed by atoms with van der Waals surface area (Å²) in [6.45, 7) is 0.709. The zero-order valence-electron chi connectivity index (χ0n) is 14.1. The number of likely N-dealkylation sites (tertiary alicyclic amines) is 1. The van der Waals surface area contributed by atoms with Gasteiger partial charge < -0.3 is 10.0 Å². The van der Waals surface area contributed by atoms with E-state index in [4.69, 9.17) is 11.6 Å². The Morgan fingerprint density at radius 2 is 1.80 bits per heavy atom. The molecule has 130 valence electrons. The molecule has 0 bridgehead atoms. The van der Waals surface area contributed by atoms with Gasteiger partial charge in [0.15, 0.2) is 0 Å². The SMILES string of the molecule is O=C(N1CC[C@H](c2ccccc2)[C@H]1CO)C1(c2ccc(Cl)cc2)CC1. The summed E-state index contributed by atoms with van der Waals surface area (Å²) in [7, 11) is 0. The number of benzene rings is 2. The number of aliphatic hydroxyl groups is 1. The number of carbonyl (C=O) groups excluding carboxylic acids is 1. The first-order chi connectivity index (χ1) is 12.2. The maximum Gasteiger partial charge on any atom is 0.233 e. The topological polar surface area (TPSA) is 40.5 Å². The minimum atomic E-state index is -0.413. The van der Waals surface area contributed by atoms with Crippen LogP contribution in [0.4, 0.5) is 0 Å². The lowest BCUT2D eigenvalue weighted by Gasteiger charge is -2.30. The molecule has 2 atom stereocenters. The third-order valence-corrected chi connectivity index (χ3v) is 6.03. The summed E-state index contributed by atoms with van der Waals surface area (Å²) in [5.74, 6) is 0.364. The van der Waals surface area contributed by atoms with E-state index in [9.17, 15) is 9.90 Å². The van der Waals surface area contributed by atoms with E-state index in [-0.39, 0.29) is 24.5 Å². The highest BCUT2D eigenvalue weighted by Crippen LogP contribution is 2.51. The van der Waals surface area contributed by atoms with E-state index >= 15 is 0 Å². The van der Waals surface area contributed by atoms with Gasteiger partial charge >= 0.3 is 0 Å². The van der Waals surface area contributed by atoms with Crippen molar-refractivity contribution in [3.8, 4) is 0 Å². The fourth-order valence-corrected chi connectivity index (χ4v) is 4.34. The van der Waals surface area contributed by atoms with E-state index in [0.29, 0.717) is 11.6 Å². The predicted molar refractivity (Wildman–Crippen MR) is 98.8 cm³/mol. The van der Waals surface area contributed by atoms with Crippen molar-refractivity contribution in [3.05, 3.63) is 70.7 Å². The fourth-order valence-electron chi connectivity index (χ4n) is 4.22. The van der Waals surface area contributed by atoms with Gasteiger partial charge in [0.2, 0.25) is 5.91 Å². The van der Waals surface area contributed by atoms with Crippen LogP contribution < -0.4 is 0 Å². The van der Waals surface area contributed by atoms with Gasteiger partial charge in [-0.3, -0.25) is 4.79 Å². The molecular weight excluding hydrogens is 334 g/mol. The molecule has 1 amide bonds. The van der Waals surface area contributed by atoms with Crippen molar-refractivity contribution in [2.24, 2.45) is 0 Å². The summed E-state index contributed by atoms with van der Waals surface area (Å²) in [6.07, 6.45) is 2.65. The molecule has 1 heterocycles. The zero-order valence-corrected chi connectivity index (χ0v) is 14.8. The molecule has 4 heteroatoms. The molecule has 2 aliphatic rings. The van der Waals surface area contributed by atoms with Crippen LogP contribution >= 0.6 is 11.6 Å². The molecule has 0 radical (unpaired) electrons. The van der Waals surface area contributed by atoms with Crippen LogP contribution in [0.2, 0.25) is 5.02 Å². The Morgan fingerprint density at radius 1 is 1.12 bits per heavy atom. The average molecular weight is 356 g/mol. The fraction of sp³-hybridized carbons (Fsp3) is 0.381. The number of rotatable bonds is 4. The molecule has 1 aliphatic heterocycles. The zero-order chi connectivity index (χ0) is 17.4. The van der Waals surface area contributed by atoms with Crippen molar-refractivity contribution < 1.29 is 9.90 Å². The highest BCUT2D eigenvalue weighted by atomic mass is 35.5. The monoisotopic (exact) mass is 355 g/mol. The van der Waals surface area contributed by atoms with Gasteiger partial charge in [-0.1, -0.05) is 54.1 Å². The van der Waals surface area contributed by atoms with Crippen molar-refractivity contribution in [1.29, 1.82) is 0 Å². The Morgan fingerprint density at radius 3 is 2.40 bits per heavy atom. The first-order valence-electron chi connectivity index (χ1n) is 8.89. The van der Waals surface area contributed by atoms with E-state index in [2.05, 4.69) is 12.1 Å². The molecule has 0 unspecified atom stereocenters. The molecule has 2 fully saturated rings. The maximum atomic E-state index is 13.3. The van der Waals surface area contributed by atoms with E-state index < -0.39 is 5.41 Å². The average Bonchev–Trinajstić information content (AvgIpc) is 3.35. The van der Waals surface area contributed by atoms with Crippen LogP contribution in [0.15, 0.2) is 54.6 Å². The molecule has 1 aliphatic carbocycles. The molecule has 1 saturated carbocycles. The Hall–Kier alpha value is -1.84. The Balaban J connectivity index is 1.59. The van der Waals surface area contributed by atoms with Crippen molar-refractivity contribution in [1.82, 2.24) is 4.90 Å². The largest absolute Gasteiger partial charge is 0.394 e. The minimum absolute atomic E-state index is 0.00198. The quantitative estimate of drug-likeness (QED) is 0.907. The highest BCUT2D eigenvalue weighted by Gasteiger charge is 2.55. The standard InChI is InChI=1S/C21H22ClNO2/c22-17-8-6-16(7-9-17)21(11-12-21)20(25)23-13-10-18(19(23)14-24)15-4-2-1-3-5-15/h1-9,18-19,24H,10-14H2/t18-,19-/m1/s1. The lowest BCUT2D eigenvalue weighted by Crippen LogP contribution is -2.45. The second-order valence-electron chi connectivity index (χ2n) is 7.14. The third-order valence-electron chi connectivity index (χ3n) is 5.78. The van der Waals surface area contributed by atoms with Crippen molar-refractivity contribution in [2.75, 3.05) is 13.2 Å². The Bertz CT molecular complexity index is 755. The van der Waals surface area contributed by atoms with E-state index in [0.717, 1.165) is 24.8 Å². The van der Waals surface area contributed by atoms with E-state index in [1.807, 2.05) is 47.4 Å². The number of halogens is 1. The molecule has 3 nitrogen and oxygen atoms in total. The van der Waals surface area contributed by atoms with Crippen LogP contribution in [-0.2, 0) is 10.2 Å². The van der Waals surface area contributed by atoms with Gasteiger partial charge in [-0.15, -0.1) is 0 Å². The summed E-state index contributed by atoms with van der Waals surface area (Å²) < 4.78 is 0. The molecule has 1 saturated heterocycles. The van der Waals surface area contributed by atoms with Gasteiger partial charge in [0.1, 0.15) is 0 Å². The van der Waals surface area contributed by atoms with Crippen LogP contribution in [0.1, 0.15) is 36.3 Å². The summed E-state index contributed by atoms with van der Waals surface area (Å²) >= 11 is 5.99. The van der Waals surface area contributed by atoms with E-state index in [1.54, 1.807) is 0 Å². The van der Waals surface area contributed by atoms with Crippen LogP contribution in [0.5, 0.6) is 0 Å². The van der Waals surface area contributed by atoms with Gasteiger partial charge in [0.05, 0.1) is 18.1 Å². The molecule has 1 N–H and O–H groups in total. The highest BCUT2D eigenvalue weighted by molar-refractivity contribution is 6.30. The minimum Gasteiger partial charge on any atom is -0.394 e. The molecule has 4 rings (SSSR count). The first-order valence-corrected chi connectivity index (χ1v) is 9.26. The molecule has 0 aromatic heterocycles. The van der Waals surface area contributed by atoms with Crippen LogP contribution in [-0.4, -0.2) is 35.1 Å². The third kappa shape index (κ3) is 2.86. The van der Waals surface area contributed by atoms with E-state index in [1.165, 1.54) is 5.56 Å². The lowest BCUT2D eigenvalue weighted by molar-refractivity contribution is -0.135. The molecule has 25 heavy (non-hydrogen) atoms. The summed E-state index contributed by atoms with van der Waals surface area (Å²) in [5.41, 5.74) is 1.83. The molecule has 2 aromatic rings. The van der Waals surface area contributed by atoms with Gasteiger partial charge in [-0.2, -0.15) is 0 Å². The normalized spacial score (nSPS) is 24.3. The summed E-state index contributed by atoms with van der Waals surface area (Å²) in [6, 6.07) is 17.7. The Labute approximate surface area is 153 Å². The summed E-state index contributed by atoms with van der Waals surface area (Å²) in [4.78, 5) is 15.3. The number of hydrogen-bond donors (Lipinski definition) is 1. The number of nitrogens with zero attached hydrogens (tertiary/aromatic N) is 1. The van der Waals surface area contributed by atoms with Crippen LogP contribution in [0, 0.1) is 0 Å². The first kappa shape index (κ1) is 16.6. The van der Waals surface area contributed by atoms with Gasteiger partial charge in [0, 0.05) is 17.5 Å². The van der Waals surface area contributed by atoms with Crippen molar-refractivity contribution in [2.45, 2.75) is 36.6 Å². The smallest absolute Gasteiger partial charge is 0.233 e. The van der Waals surface area contributed by atoms with Crippen LogP contribution in [0.3, 0.4) is 0 Å². The number of amides is 1. The second kappa shape index (κ2) is 6.47. The number of hydrogen-bond acceptors (Lipinski definition) is 2. The molecule has 0 spiro atoms. The maximum absolute atomic E-state index is 13.3. The predicted octanol–water partition coefficient (Wildman–Crippen LogP) is 3.75. The van der Waals surface area contributed by atoms with Crippen molar-refractivity contribution >= 4 is 17.5 Å².